The molecule has 0 atom stereocenters. The molecular weight excluding hydrogens is 493 g/mol. The minimum absolute atomic E-state index is 0. The van der Waals surface area contributed by atoms with Gasteiger partial charge in [-0.3, -0.25) is 9.80 Å². The van der Waals surface area contributed by atoms with E-state index in [0.29, 0.717) is 18.9 Å². The van der Waals surface area contributed by atoms with Crippen LogP contribution in [0.3, 0.4) is 0 Å². The molecule has 2 heterocycles. The van der Waals surface area contributed by atoms with Gasteiger partial charge in [-0.1, -0.05) is 5.16 Å². The van der Waals surface area contributed by atoms with Gasteiger partial charge in [-0.05, 0) is 47.5 Å². The van der Waals surface area contributed by atoms with E-state index in [1.807, 2.05) is 36.4 Å². The van der Waals surface area contributed by atoms with Crippen molar-refractivity contribution in [3.63, 3.8) is 0 Å². The first-order valence-corrected chi connectivity index (χ1v) is 11.7. The lowest BCUT2D eigenvalue weighted by Crippen LogP contribution is -2.38. The molecule has 0 unspecified atom stereocenters. The van der Waals surface area contributed by atoms with Gasteiger partial charge in [0.15, 0.2) is 0 Å². The van der Waals surface area contributed by atoms with Crippen LogP contribution in [0.2, 0.25) is 0 Å². The Bertz CT molecular complexity index is 920. The summed E-state index contributed by atoms with van der Waals surface area (Å²) in [6, 6.07) is 12.0. The molecule has 8 nitrogen and oxygen atoms in total. The quantitative estimate of drug-likeness (QED) is 0.357. The van der Waals surface area contributed by atoms with Crippen molar-refractivity contribution < 1.29 is 24.2 Å². The van der Waals surface area contributed by atoms with Crippen LogP contribution in [0, 0.1) is 0 Å². The highest BCUT2D eigenvalue weighted by molar-refractivity contribution is 6.24. The monoisotopic (exact) mass is 525 g/mol. The smallest absolute Gasteiger partial charge is 0.120 e. The third kappa shape index (κ3) is 6.58. The average Bonchev–Trinajstić information content (AvgIpc) is 3.17. The lowest BCUT2D eigenvalue weighted by Gasteiger charge is -2.26. The summed E-state index contributed by atoms with van der Waals surface area (Å²) in [6.45, 7) is 9.87. The molecule has 1 aliphatic carbocycles. The van der Waals surface area contributed by atoms with E-state index in [1.165, 1.54) is 0 Å². The summed E-state index contributed by atoms with van der Waals surface area (Å²) < 4.78 is 22.8. The maximum absolute atomic E-state index is 9.80. The Kier molecular flexibility index (Phi) is 10.5. The third-order valence-corrected chi connectivity index (χ3v) is 6.44. The second-order valence-electron chi connectivity index (χ2n) is 8.47. The van der Waals surface area contributed by atoms with E-state index in [4.69, 9.17) is 18.9 Å². The van der Waals surface area contributed by atoms with E-state index in [2.05, 4.69) is 15.0 Å². The van der Waals surface area contributed by atoms with Gasteiger partial charge in [-0.25, -0.2) is 0 Å². The summed E-state index contributed by atoms with van der Waals surface area (Å²) in [5, 5.41) is 13.4. The van der Waals surface area contributed by atoms with Crippen LogP contribution in [-0.4, -0.2) is 99.6 Å². The van der Waals surface area contributed by atoms with Crippen LogP contribution >= 0.6 is 24.8 Å². The maximum atomic E-state index is 9.80. The zero-order valence-electron chi connectivity index (χ0n) is 19.7. The fraction of sp³-hybridized carbons (Fsp3) is 0.480. The van der Waals surface area contributed by atoms with Crippen molar-refractivity contribution in [1.29, 1.82) is 0 Å². The Morgan fingerprint density at radius 1 is 0.686 bits per heavy atom. The Hall–Kier alpha value is -2.07. The molecule has 0 spiro atoms. The van der Waals surface area contributed by atoms with Crippen LogP contribution in [0.1, 0.15) is 11.1 Å². The Labute approximate surface area is 218 Å². The second-order valence-corrected chi connectivity index (χ2v) is 8.47. The minimum atomic E-state index is 0. The van der Waals surface area contributed by atoms with Crippen molar-refractivity contribution >= 4 is 30.5 Å². The first-order valence-electron chi connectivity index (χ1n) is 11.7. The minimum Gasteiger partial charge on any atom is -0.492 e. The summed E-state index contributed by atoms with van der Waals surface area (Å²) in [7, 11) is 0. The van der Waals surface area contributed by atoms with Crippen molar-refractivity contribution in [1.82, 2.24) is 9.80 Å². The molecule has 10 heteroatoms. The number of halogens is 2. The summed E-state index contributed by atoms with van der Waals surface area (Å²) in [6.07, 6.45) is 0. The van der Waals surface area contributed by atoms with Crippen LogP contribution in [0.25, 0.3) is 11.1 Å². The third-order valence-electron chi connectivity index (χ3n) is 6.44. The molecule has 35 heavy (non-hydrogen) atoms. The fourth-order valence-corrected chi connectivity index (χ4v) is 4.58. The number of hydrogen-bond donors (Lipinski definition) is 1. The van der Waals surface area contributed by atoms with E-state index in [9.17, 15) is 5.21 Å². The molecule has 0 saturated carbocycles. The topological polar surface area (TPSA) is 76.0 Å². The average molecular weight is 526 g/mol. The van der Waals surface area contributed by atoms with E-state index in [-0.39, 0.29) is 24.8 Å². The summed E-state index contributed by atoms with van der Waals surface area (Å²) >= 11 is 0. The van der Waals surface area contributed by atoms with E-state index in [1.54, 1.807) is 0 Å². The van der Waals surface area contributed by atoms with Gasteiger partial charge in [0.05, 0.1) is 26.4 Å². The highest BCUT2D eigenvalue weighted by atomic mass is 35.5. The van der Waals surface area contributed by atoms with Crippen molar-refractivity contribution in [2.24, 2.45) is 5.16 Å². The SMILES string of the molecule is Cl.Cl.ON=C1c2cc(OCCN3CCOCC3)ccc2-c2ccc(OCCN3CCOCC3)cc21. The van der Waals surface area contributed by atoms with Gasteiger partial charge in [0, 0.05) is 50.4 Å². The number of benzene rings is 2. The van der Waals surface area contributed by atoms with Gasteiger partial charge in [0.1, 0.15) is 30.4 Å². The molecule has 2 fully saturated rings. The zero-order chi connectivity index (χ0) is 22.5. The number of ether oxygens (including phenoxy) is 4. The van der Waals surface area contributed by atoms with Crippen LogP contribution in [0.5, 0.6) is 11.5 Å². The number of nitrogens with zero attached hydrogens (tertiary/aromatic N) is 3. The van der Waals surface area contributed by atoms with Gasteiger partial charge < -0.3 is 24.2 Å². The molecule has 0 bridgehead atoms. The van der Waals surface area contributed by atoms with Crippen LogP contribution in [0.4, 0.5) is 0 Å². The molecule has 3 aliphatic rings. The van der Waals surface area contributed by atoms with Crippen molar-refractivity contribution in [2.45, 2.75) is 0 Å². The normalized spacial score (nSPS) is 17.5. The molecule has 2 saturated heterocycles. The van der Waals surface area contributed by atoms with Gasteiger partial charge in [0.2, 0.25) is 0 Å². The van der Waals surface area contributed by atoms with Crippen molar-refractivity contribution in [3.05, 3.63) is 47.5 Å². The van der Waals surface area contributed by atoms with E-state index >= 15 is 0 Å². The van der Waals surface area contributed by atoms with Crippen LogP contribution in [-0.2, 0) is 9.47 Å². The summed E-state index contributed by atoms with van der Waals surface area (Å²) in [4.78, 5) is 4.68. The summed E-state index contributed by atoms with van der Waals surface area (Å²) in [5.41, 5.74) is 4.39. The van der Waals surface area contributed by atoms with Crippen LogP contribution < -0.4 is 9.47 Å². The molecule has 0 aromatic heterocycles. The molecule has 2 aromatic carbocycles. The molecule has 2 aliphatic heterocycles. The summed E-state index contributed by atoms with van der Waals surface area (Å²) in [5.74, 6) is 1.55. The number of morpholine rings is 2. The van der Waals surface area contributed by atoms with Gasteiger partial charge in [-0.2, -0.15) is 0 Å². The van der Waals surface area contributed by atoms with Gasteiger partial charge >= 0.3 is 0 Å². The molecule has 2 aromatic rings. The molecular formula is C25H33Cl2N3O5. The highest BCUT2D eigenvalue weighted by Gasteiger charge is 2.27. The Morgan fingerprint density at radius 3 is 1.51 bits per heavy atom. The largest absolute Gasteiger partial charge is 0.492 e. The standard InChI is InChI=1S/C25H31N3O5.2ClH/c29-26-25-23-17-19(32-15-9-27-5-11-30-12-6-27)1-3-21(23)22-4-2-20(18-24(22)25)33-16-10-28-7-13-31-14-8-28;;/h1-4,17-18,29H,5-16H2;2*1H. The molecule has 192 valence electrons. The van der Waals surface area contributed by atoms with Crippen molar-refractivity contribution in [3.8, 4) is 22.6 Å². The lowest BCUT2D eigenvalue weighted by atomic mass is 10.1. The highest BCUT2D eigenvalue weighted by Crippen LogP contribution is 2.40. The molecule has 1 N–H and O–H groups in total. The Balaban J connectivity index is 0.00000171. The Morgan fingerprint density at radius 2 is 1.11 bits per heavy atom. The van der Waals surface area contributed by atoms with E-state index in [0.717, 1.165) is 99.4 Å². The number of hydrogen-bond acceptors (Lipinski definition) is 8. The molecule has 0 radical (unpaired) electrons. The zero-order valence-corrected chi connectivity index (χ0v) is 21.3. The first-order chi connectivity index (χ1) is 16.3. The second kappa shape index (κ2) is 13.3. The van der Waals surface area contributed by atoms with Crippen molar-refractivity contribution in [2.75, 3.05) is 78.9 Å². The molecule has 5 rings (SSSR count). The first kappa shape index (κ1) is 27.5. The van der Waals surface area contributed by atoms with Gasteiger partial charge in [0.25, 0.3) is 0 Å². The van der Waals surface area contributed by atoms with Gasteiger partial charge in [-0.15, -0.1) is 24.8 Å². The predicted octanol–water partition coefficient (Wildman–Crippen LogP) is 3.16. The lowest BCUT2D eigenvalue weighted by molar-refractivity contribution is 0.0321. The molecule has 0 amide bonds. The number of rotatable bonds is 8. The fourth-order valence-electron chi connectivity index (χ4n) is 4.58. The van der Waals surface area contributed by atoms with Crippen LogP contribution in [0.15, 0.2) is 41.6 Å². The number of fused-ring (bicyclic) bond motifs is 3. The predicted molar refractivity (Wildman–Crippen MR) is 139 cm³/mol. The number of oxime groups is 1. The van der Waals surface area contributed by atoms with E-state index < -0.39 is 0 Å². The maximum Gasteiger partial charge on any atom is 0.120 e.